The molecule has 21 heavy (non-hydrogen) atoms. The monoisotopic (exact) mass is 400 g/mol. The molecule has 0 N–H and O–H groups in total. The first-order chi connectivity index (χ1) is 10.2. The van der Waals surface area contributed by atoms with Gasteiger partial charge >= 0.3 is 140 Å². The molecule has 0 unspecified atom stereocenters. The quantitative estimate of drug-likeness (QED) is 0.506. The van der Waals surface area contributed by atoms with Crippen LogP contribution in [0.15, 0.2) is 12.4 Å². The SMILES string of the molecule is CCCC[C](CCCC)(CCCC)[Sn][c]1nccnc1F. The molecule has 0 spiro atoms. The molecule has 0 aliphatic heterocycles. The molecule has 2 nitrogen and oxygen atoms in total. The van der Waals surface area contributed by atoms with Crippen molar-refractivity contribution < 1.29 is 4.39 Å². The Hall–Kier alpha value is -0.191. The van der Waals surface area contributed by atoms with Crippen LogP contribution >= 0.6 is 0 Å². The van der Waals surface area contributed by atoms with E-state index >= 15 is 0 Å². The Balaban J connectivity index is 2.92. The van der Waals surface area contributed by atoms with E-state index in [1.165, 1.54) is 64.0 Å². The van der Waals surface area contributed by atoms with Gasteiger partial charge in [0.2, 0.25) is 0 Å². The predicted octanol–water partition coefficient (Wildman–Crippen LogP) is 4.67. The Bertz CT molecular complexity index is 376. The third kappa shape index (κ3) is 6.62. The number of aromatic nitrogens is 2. The summed E-state index contributed by atoms with van der Waals surface area (Å²) >= 11 is -1.08. The van der Waals surface area contributed by atoms with Crippen molar-refractivity contribution in [3.8, 4) is 0 Å². The Morgan fingerprint density at radius 1 is 0.905 bits per heavy atom. The van der Waals surface area contributed by atoms with Gasteiger partial charge in [-0.25, -0.2) is 0 Å². The molecule has 0 atom stereocenters. The number of halogens is 1. The molecule has 2 radical (unpaired) electrons. The molecule has 0 fully saturated rings. The molecule has 1 heterocycles. The Labute approximate surface area is 139 Å². The molecule has 4 heteroatoms. The summed E-state index contributed by atoms with van der Waals surface area (Å²) in [5, 5.41) is 0. The zero-order chi connectivity index (χ0) is 15.6. The van der Waals surface area contributed by atoms with Crippen molar-refractivity contribution in [3.05, 3.63) is 18.3 Å². The van der Waals surface area contributed by atoms with Gasteiger partial charge in [0.15, 0.2) is 0 Å². The van der Waals surface area contributed by atoms with Crippen LogP contribution in [0.25, 0.3) is 0 Å². The van der Waals surface area contributed by atoms with Crippen molar-refractivity contribution in [1.82, 2.24) is 9.97 Å². The average Bonchev–Trinajstić information content (AvgIpc) is 2.51. The van der Waals surface area contributed by atoms with Gasteiger partial charge in [0.1, 0.15) is 0 Å². The van der Waals surface area contributed by atoms with Gasteiger partial charge in [-0.15, -0.1) is 0 Å². The van der Waals surface area contributed by atoms with Gasteiger partial charge in [-0.1, -0.05) is 0 Å². The summed E-state index contributed by atoms with van der Waals surface area (Å²) < 4.78 is 15.1. The Morgan fingerprint density at radius 3 is 1.81 bits per heavy atom. The molecule has 0 amide bonds. The van der Waals surface area contributed by atoms with Gasteiger partial charge in [-0.3, -0.25) is 0 Å². The number of rotatable bonds is 11. The molecule has 1 rings (SSSR count). The van der Waals surface area contributed by atoms with Crippen LogP contribution < -0.4 is 3.71 Å². The first-order valence-electron chi connectivity index (χ1n) is 8.42. The molecule has 0 saturated heterocycles. The minimum atomic E-state index is -1.08. The molecule has 0 bridgehead atoms. The van der Waals surface area contributed by atoms with E-state index in [4.69, 9.17) is 0 Å². The number of hydrogen-bond acceptors (Lipinski definition) is 2. The van der Waals surface area contributed by atoms with Crippen molar-refractivity contribution in [2.24, 2.45) is 0 Å². The standard InChI is InChI=1S/C13H27.C4H2FN2.Sn/c1-4-7-10-13(11-8-5-2)12-9-6-3;5-4-3-6-1-2-7-4;/h4-12H2,1-3H3;1-2H;. The second-order valence-corrected chi connectivity index (χ2v) is 11.0. The molecule has 0 aliphatic carbocycles. The van der Waals surface area contributed by atoms with Crippen LogP contribution in [0.2, 0.25) is 3.43 Å². The van der Waals surface area contributed by atoms with Gasteiger partial charge < -0.3 is 0 Å². The van der Waals surface area contributed by atoms with Crippen LogP contribution in [-0.2, 0) is 0 Å². The predicted molar refractivity (Wildman–Crippen MR) is 88.6 cm³/mol. The van der Waals surface area contributed by atoms with Crippen molar-refractivity contribution in [3.63, 3.8) is 0 Å². The normalized spacial score (nSPS) is 11.8. The molecule has 0 aliphatic rings. The van der Waals surface area contributed by atoms with E-state index in [9.17, 15) is 4.39 Å². The summed E-state index contributed by atoms with van der Waals surface area (Å²) in [4.78, 5) is 8.14. The first-order valence-corrected chi connectivity index (χ1v) is 11.3. The van der Waals surface area contributed by atoms with Gasteiger partial charge in [0.05, 0.1) is 0 Å². The van der Waals surface area contributed by atoms with Crippen LogP contribution in [0, 0.1) is 5.95 Å². The van der Waals surface area contributed by atoms with Crippen LogP contribution in [0.5, 0.6) is 0 Å². The fraction of sp³-hybridized carbons (Fsp3) is 0.765. The summed E-state index contributed by atoms with van der Waals surface area (Å²) in [5.74, 6) is -0.307. The van der Waals surface area contributed by atoms with E-state index in [2.05, 4.69) is 30.7 Å². The molecule has 1 aromatic heterocycles. The minimum absolute atomic E-state index is 0.307. The van der Waals surface area contributed by atoms with E-state index in [0.717, 1.165) is 3.71 Å². The number of nitrogens with zero attached hydrogens (tertiary/aromatic N) is 2. The van der Waals surface area contributed by atoms with Crippen molar-refractivity contribution >= 4 is 24.9 Å². The summed E-state index contributed by atoms with van der Waals surface area (Å²) in [6, 6.07) is 0. The fourth-order valence-electron chi connectivity index (χ4n) is 2.76. The summed E-state index contributed by atoms with van der Waals surface area (Å²) in [6.45, 7) is 6.75. The first kappa shape index (κ1) is 18.9. The van der Waals surface area contributed by atoms with E-state index in [0.29, 0.717) is 3.43 Å². The van der Waals surface area contributed by atoms with Crippen LogP contribution in [-0.4, -0.2) is 31.1 Å². The number of unbranched alkanes of at least 4 members (excludes halogenated alkanes) is 3. The number of hydrogen-bond donors (Lipinski definition) is 0. The zero-order valence-corrected chi connectivity index (χ0v) is 16.6. The molecular formula is C17H29FN2Sn. The third-order valence-corrected chi connectivity index (χ3v) is 9.35. The Morgan fingerprint density at radius 2 is 1.38 bits per heavy atom. The van der Waals surface area contributed by atoms with Crippen molar-refractivity contribution in [2.45, 2.75) is 82.0 Å². The van der Waals surface area contributed by atoms with E-state index in [1.807, 2.05) is 0 Å². The fourth-order valence-corrected chi connectivity index (χ4v) is 7.66. The average molecular weight is 399 g/mol. The summed E-state index contributed by atoms with van der Waals surface area (Å²) in [6.07, 6.45) is 14.3. The Kier molecular flexibility index (Phi) is 9.45. The second-order valence-electron chi connectivity index (χ2n) is 5.91. The maximum absolute atomic E-state index is 14.0. The second kappa shape index (κ2) is 10.5. The molecule has 0 saturated carbocycles. The molecule has 1 aromatic rings. The molecular weight excluding hydrogens is 370 g/mol. The van der Waals surface area contributed by atoms with E-state index in [1.54, 1.807) is 6.20 Å². The van der Waals surface area contributed by atoms with Gasteiger partial charge in [0.25, 0.3) is 0 Å². The maximum atomic E-state index is 14.0. The van der Waals surface area contributed by atoms with Crippen LogP contribution in [0.1, 0.15) is 78.6 Å². The van der Waals surface area contributed by atoms with Gasteiger partial charge in [-0.05, 0) is 0 Å². The third-order valence-electron chi connectivity index (χ3n) is 4.06. The van der Waals surface area contributed by atoms with Crippen molar-refractivity contribution in [2.75, 3.05) is 0 Å². The zero-order valence-electron chi connectivity index (χ0n) is 13.8. The molecule has 0 aromatic carbocycles. The summed E-state index contributed by atoms with van der Waals surface area (Å²) in [5.41, 5.74) is 0. The topological polar surface area (TPSA) is 25.8 Å². The van der Waals surface area contributed by atoms with Crippen LogP contribution in [0.3, 0.4) is 0 Å². The van der Waals surface area contributed by atoms with E-state index in [-0.39, 0.29) is 5.95 Å². The van der Waals surface area contributed by atoms with Gasteiger partial charge in [-0.2, -0.15) is 0 Å². The van der Waals surface area contributed by atoms with E-state index < -0.39 is 21.1 Å². The van der Waals surface area contributed by atoms with Crippen molar-refractivity contribution in [1.29, 1.82) is 0 Å². The van der Waals surface area contributed by atoms with Crippen LogP contribution in [0.4, 0.5) is 4.39 Å². The summed E-state index contributed by atoms with van der Waals surface area (Å²) in [7, 11) is 0. The molecule has 118 valence electrons. The van der Waals surface area contributed by atoms with Gasteiger partial charge in [0, 0.05) is 0 Å².